The summed E-state index contributed by atoms with van der Waals surface area (Å²) < 4.78 is 95.3. The van der Waals surface area contributed by atoms with E-state index in [9.17, 15) is 4.79 Å². The molecule has 0 aliphatic heterocycles. The van der Waals surface area contributed by atoms with Crippen LogP contribution in [0.1, 0.15) is 88.6 Å². The van der Waals surface area contributed by atoms with Crippen LogP contribution in [-0.4, -0.2) is 190 Å². The number of methoxy groups -OCH3 is 2. The normalized spacial score (nSPS) is 11.9. The van der Waals surface area contributed by atoms with Crippen LogP contribution in [0.4, 0.5) is 0 Å². The Bertz CT molecular complexity index is 1740. The third-order valence-corrected chi connectivity index (χ3v) is 9.08. The van der Waals surface area contributed by atoms with E-state index >= 15 is 0 Å². The van der Waals surface area contributed by atoms with Crippen LogP contribution in [0.2, 0.25) is 0 Å². The Morgan fingerprint density at radius 3 is 1.11 bits per heavy atom. The van der Waals surface area contributed by atoms with Crippen LogP contribution >= 0.6 is 0 Å². The zero-order valence-corrected chi connectivity index (χ0v) is 48.3. The fourth-order valence-electron chi connectivity index (χ4n) is 5.40. The lowest BCUT2D eigenvalue weighted by atomic mass is 9.97. The SMILES string of the molecule is CC(C)(C)C#Cc1ccccc1OCCOCCOCCOC(C)(C)C.COCCOCCOCCOc1cc(OC(=O)C(C)(C)C)cc(OCCOCCOCCOC)c1OCCOCCOCCOC(C)(C)C. The van der Waals surface area contributed by atoms with E-state index in [0.29, 0.717) is 156 Å². The summed E-state index contributed by atoms with van der Waals surface area (Å²) in [5, 5.41) is 0. The first-order valence-electron chi connectivity index (χ1n) is 26.1. The molecule has 0 N–H and O–H groups in total. The van der Waals surface area contributed by atoms with E-state index in [1.165, 1.54) is 0 Å². The van der Waals surface area contributed by atoms with Gasteiger partial charge in [0, 0.05) is 31.8 Å². The molecule has 0 unspecified atom stereocenters. The number of hydrogen-bond donors (Lipinski definition) is 0. The minimum absolute atomic E-state index is 0.0336. The summed E-state index contributed by atoms with van der Waals surface area (Å²) in [5.74, 6) is 8.05. The minimum atomic E-state index is -0.726. The average molecular weight is 1070 g/mol. The Kier molecular flexibility index (Phi) is 38.1. The topological polar surface area (TPSA) is 174 Å². The van der Waals surface area contributed by atoms with Crippen molar-refractivity contribution in [2.24, 2.45) is 10.8 Å². The number of benzene rings is 2. The summed E-state index contributed by atoms with van der Waals surface area (Å²) in [4.78, 5) is 12.7. The molecule has 0 saturated heterocycles. The molecule has 0 aliphatic carbocycles. The number of rotatable bonds is 41. The van der Waals surface area contributed by atoms with Gasteiger partial charge in [-0.05, 0) is 95.2 Å². The second-order valence-corrected chi connectivity index (χ2v) is 20.6. The van der Waals surface area contributed by atoms with E-state index in [1.807, 2.05) is 65.8 Å². The summed E-state index contributed by atoms with van der Waals surface area (Å²) in [7, 11) is 3.24. The highest BCUT2D eigenvalue weighted by Crippen LogP contribution is 2.42. The smallest absolute Gasteiger partial charge is 0.316 e. The predicted octanol–water partition coefficient (Wildman–Crippen LogP) is 8.29. The largest absolute Gasteiger partial charge is 0.490 e. The zero-order chi connectivity index (χ0) is 55.7. The van der Waals surface area contributed by atoms with Gasteiger partial charge in [0.1, 0.15) is 37.9 Å². The van der Waals surface area contributed by atoms with Crippen LogP contribution in [0.15, 0.2) is 36.4 Å². The number of para-hydroxylation sites is 1. The van der Waals surface area contributed by atoms with E-state index in [2.05, 4.69) is 32.6 Å². The van der Waals surface area contributed by atoms with E-state index in [-0.39, 0.29) is 42.2 Å². The van der Waals surface area contributed by atoms with Crippen LogP contribution in [-0.2, 0) is 61.6 Å². The Hall–Kier alpha value is -3.81. The molecule has 0 saturated carbocycles. The van der Waals surface area contributed by atoms with Crippen molar-refractivity contribution in [2.45, 2.75) is 94.3 Å². The van der Waals surface area contributed by atoms with Crippen LogP contribution < -0.4 is 23.7 Å². The fourth-order valence-corrected chi connectivity index (χ4v) is 5.40. The summed E-state index contributed by atoms with van der Waals surface area (Å²) >= 11 is 0. The predicted molar refractivity (Wildman–Crippen MR) is 288 cm³/mol. The van der Waals surface area contributed by atoms with Gasteiger partial charge < -0.3 is 80.5 Å². The summed E-state index contributed by atoms with van der Waals surface area (Å²) in [6.07, 6.45) is 0. The maximum absolute atomic E-state index is 12.7. The molecule has 0 amide bonds. The Labute approximate surface area is 450 Å². The molecule has 0 heterocycles. The molecule has 0 fully saturated rings. The van der Waals surface area contributed by atoms with Gasteiger partial charge in [-0.2, -0.15) is 0 Å². The van der Waals surface area contributed by atoms with Crippen molar-refractivity contribution in [1.29, 1.82) is 0 Å². The molecule has 0 radical (unpaired) electrons. The molecule has 2 aromatic rings. The maximum Gasteiger partial charge on any atom is 0.316 e. The van der Waals surface area contributed by atoms with Gasteiger partial charge in [-0.25, -0.2) is 0 Å². The van der Waals surface area contributed by atoms with Gasteiger partial charge in [0.15, 0.2) is 11.5 Å². The highest BCUT2D eigenvalue weighted by atomic mass is 16.6. The monoisotopic (exact) mass is 1070 g/mol. The van der Waals surface area contributed by atoms with E-state index in [4.69, 9.17) is 80.5 Å². The van der Waals surface area contributed by atoms with Crippen molar-refractivity contribution in [3.05, 3.63) is 42.0 Å². The Morgan fingerprint density at radius 1 is 0.413 bits per heavy atom. The number of hydrogen-bond acceptors (Lipinski definition) is 18. The van der Waals surface area contributed by atoms with Crippen molar-refractivity contribution in [3.63, 3.8) is 0 Å². The molecule has 0 aromatic heterocycles. The Morgan fingerprint density at radius 2 is 0.747 bits per heavy atom. The number of ether oxygens (including phenoxy) is 17. The minimum Gasteiger partial charge on any atom is -0.490 e. The van der Waals surface area contributed by atoms with Gasteiger partial charge in [0.2, 0.25) is 5.75 Å². The Balaban J connectivity index is 0.000000906. The molecule has 2 aromatic carbocycles. The van der Waals surface area contributed by atoms with Crippen LogP contribution in [0.5, 0.6) is 28.7 Å². The van der Waals surface area contributed by atoms with Crippen molar-refractivity contribution in [2.75, 3.05) is 173 Å². The summed E-state index contributed by atoms with van der Waals surface area (Å²) in [6, 6.07) is 11.0. The van der Waals surface area contributed by atoms with Gasteiger partial charge in [-0.1, -0.05) is 24.0 Å². The van der Waals surface area contributed by atoms with Crippen LogP contribution in [0.25, 0.3) is 0 Å². The quantitative estimate of drug-likeness (QED) is 0.0269. The summed E-state index contributed by atoms with van der Waals surface area (Å²) in [6.45, 7) is 34.0. The van der Waals surface area contributed by atoms with Crippen molar-refractivity contribution in [1.82, 2.24) is 0 Å². The molecule has 0 aliphatic rings. The van der Waals surface area contributed by atoms with Gasteiger partial charge in [0.05, 0.1) is 154 Å². The van der Waals surface area contributed by atoms with Crippen LogP contribution in [0.3, 0.4) is 0 Å². The standard InChI is InChI=1S/C35H62O14.C22H34O4/c1-34(2,3)33(36)49-29-27-30(45-23-19-41-15-13-39-11-9-37-7)32(31(28-29)46-24-20-42-16-14-40-12-10-38-8)47-25-21-43-17-18-44-22-26-48-35(4,5)6;1-21(2,3)12-11-19-9-7-8-10-20(19)25-17-15-23-13-14-24-16-18-26-22(4,5)6/h27-28H,9-26H2,1-8H3;7-10H,13-18H2,1-6H3. The number of carbonyl (C=O) groups excluding carboxylic acids is 1. The van der Waals surface area contributed by atoms with Gasteiger partial charge in [-0.15, -0.1) is 0 Å². The van der Waals surface area contributed by atoms with E-state index in [1.54, 1.807) is 47.1 Å². The van der Waals surface area contributed by atoms with Crippen molar-refractivity contribution >= 4 is 5.97 Å². The maximum atomic E-state index is 12.7. The molecule has 0 atom stereocenters. The second-order valence-electron chi connectivity index (χ2n) is 20.6. The lowest BCUT2D eigenvalue weighted by Gasteiger charge is -2.21. The molecular weight excluding hydrogens is 973 g/mol. The van der Waals surface area contributed by atoms with Gasteiger partial charge in [-0.3, -0.25) is 4.79 Å². The molecule has 75 heavy (non-hydrogen) atoms. The molecule has 18 heteroatoms. The third kappa shape index (κ3) is 41.0. The average Bonchev–Trinajstić information content (AvgIpc) is 3.33. The summed E-state index contributed by atoms with van der Waals surface area (Å²) in [5.41, 5.74) is -0.174. The lowest BCUT2D eigenvalue weighted by molar-refractivity contribution is -0.143. The highest BCUT2D eigenvalue weighted by Gasteiger charge is 2.26. The zero-order valence-electron chi connectivity index (χ0n) is 48.3. The first kappa shape index (κ1) is 69.2. The molecule has 2 rings (SSSR count). The number of carbonyl (C=O) groups is 1. The van der Waals surface area contributed by atoms with Crippen LogP contribution in [0, 0.1) is 22.7 Å². The first-order chi connectivity index (χ1) is 35.6. The second kappa shape index (κ2) is 41.3. The number of esters is 1. The molecule has 432 valence electrons. The molecule has 18 nitrogen and oxygen atoms in total. The van der Waals surface area contributed by atoms with Crippen molar-refractivity contribution in [3.8, 4) is 40.6 Å². The molecule has 0 spiro atoms. The molecule has 0 bridgehead atoms. The third-order valence-electron chi connectivity index (χ3n) is 9.08. The van der Waals surface area contributed by atoms with Crippen molar-refractivity contribution < 1.29 is 85.3 Å². The molecular formula is C57H96O18. The fraction of sp³-hybridized carbons (Fsp3) is 0.737. The van der Waals surface area contributed by atoms with E-state index in [0.717, 1.165) is 11.3 Å². The van der Waals surface area contributed by atoms with E-state index < -0.39 is 11.4 Å². The van der Waals surface area contributed by atoms with Gasteiger partial charge in [0.25, 0.3) is 0 Å². The lowest BCUT2D eigenvalue weighted by Crippen LogP contribution is -2.25. The first-order valence-corrected chi connectivity index (χ1v) is 26.1. The van der Waals surface area contributed by atoms with Gasteiger partial charge >= 0.3 is 5.97 Å². The highest BCUT2D eigenvalue weighted by molar-refractivity contribution is 5.78.